The van der Waals surface area contributed by atoms with Crippen molar-refractivity contribution in [1.29, 1.82) is 0 Å². The number of hydrogen-bond donors (Lipinski definition) is 2. The van der Waals surface area contributed by atoms with E-state index in [0.717, 1.165) is 6.07 Å². The Balaban J connectivity index is 2.97. The number of carbonyl (C=O) groups excluding carboxylic acids is 1. The van der Waals surface area contributed by atoms with Gasteiger partial charge in [-0.1, -0.05) is 13.8 Å². The molecule has 0 aliphatic rings. The summed E-state index contributed by atoms with van der Waals surface area (Å²) in [6.07, 6.45) is 0. The van der Waals surface area contributed by atoms with Crippen molar-refractivity contribution < 1.29 is 17.6 Å². The van der Waals surface area contributed by atoms with Crippen molar-refractivity contribution in [3.05, 3.63) is 24.0 Å². The fourth-order valence-corrected chi connectivity index (χ4v) is 2.78. The highest BCUT2D eigenvalue weighted by Gasteiger charge is 2.30. The minimum Gasteiger partial charge on any atom is -0.396 e. The third-order valence-electron chi connectivity index (χ3n) is 2.82. The summed E-state index contributed by atoms with van der Waals surface area (Å²) >= 11 is 0. The lowest BCUT2D eigenvalue weighted by atomic mass is 10.2. The highest BCUT2D eigenvalue weighted by molar-refractivity contribution is 7.92. The van der Waals surface area contributed by atoms with Gasteiger partial charge in [-0.15, -0.1) is 0 Å². The van der Waals surface area contributed by atoms with Gasteiger partial charge in [0.2, 0.25) is 5.91 Å². The zero-order chi connectivity index (χ0) is 15.5. The van der Waals surface area contributed by atoms with Gasteiger partial charge in [0.15, 0.2) is 9.84 Å². The normalized spacial score (nSPS) is 13.2. The van der Waals surface area contributed by atoms with Gasteiger partial charge in [0, 0.05) is 6.54 Å². The van der Waals surface area contributed by atoms with Crippen LogP contribution in [0.2, 0.25) is 0 Å². The quantitative estimate of drug-likeness (QED) is 0.803. The summed E-state index contributed by atoms with van der Waals surface area (Å²) in [5.41, 5.74) is 5.16. The van der Waals surface area contributed by atoms with E-state index >= 15 is 0 Å². The van der Waals surface area contributed by atoms with Crippen LogP contribution in [0.3, 0.4) is 0 Å². The second kappa shape index (κ2) is 6.21. The molecule has 5 nitrogen and oxygen atoms in total. The SMILES string of the molecule is CC(C)CNC(=O)C(C)S(=O)(=O)c1ccc(N)c(F)c1. The third-order valence-corrected chi connectivity index (χ3v) is 4.88. The van der Waals surface area contributed by atoms with Gasteiger partial charge < -0.3 is 11.1 Å². The molecule has 0 saturated heterocycles. The molecule has 20 heavy (non-hydrogen) atoms. The van der Waals surface area contributed by atoms with E-state index in [4.69, 9.17) is 5.73 Å². The maximum Gasteiger partial charge on any atom is 0.238 e. The fraction of sp³-hybridized carbons (Fsp3) is 0.462. The van der Waals surface area contributed by atoms with Crippen LogP contribution in [0.25, 0.3) is 0 Å². The molecule has 1 atom stereocenters. The number of benzene rings is 1. The Bertz CT molecular complexity index is 600. The van der Waals surface area contributed by atoms with E-state index < -0.39 is 26.8 Å². The third kappa shape index (κ3) is 3.69. The number of anilines is 1. The molecule has 0 fully saturated rings. The maximum absolute atomic E-state index is 13.3. The largest absolute Gasteiger partial charge is 0.396 e. The predicted octanol–water partition coefficient (Wildman–Crippen LogP) is 1.34. The van der Waals surface area contributed by atoms with E-state index in [9.17, 15) is 17.6 Å². The smallest absolute Gasteiger partial charge is 0.238 e. The van der Waals surface area contributed by atoms with Crippen LogP contribution in [0, 0.1) is 11.7 Å². The number of amides is 1. The van der Waals surface area contributed by atoms with Gasteiger partial charge in [-0.2, -0.15) is 0 Å². The lowest BCUT2D eigenvalue weighted by Gasteiger charge is -2.14. The Morgan fingerprint density at radius 1 is 1.35 bits per heavy atom. The molecular formula is C13H19FN2O3S. The first-order valence-electron chi connectivity index (χ1n) is 6.23. The van der Waals surface area contributed by atoms with Gasteiger partial charge in [-0.25, -0.2) is 12.8 Å². The number of rotatable bonds is 5. The van der Waals surface area contributed by atoms with Crippen molar-refractivity contribution in [2.24, 2.45) is 5.92 Å². The first-order chi connectivity index (χ1) is 9.16. The molecule has 0 aliphatic heterocycles. The van der Waals surface area contributed by atoms with Crippen LogP contribution in [0.4, 0.5) is 10.1 Å². The molecule has 1 unspecified atom stereocenters. The molecule has 7 heteroatoms. The van der Waals surface area contributed by atoms with E-state index in [1.54, 1.807) is 0 Å². The fourth-order valence-electron chi connectivity index (χ4n) is 1.48. The number of nitrogens with two attached hydrogens (primary N) is 1. The van der Waals surface area contributed by atoms with Crippen molar-refractivity contribution in [1.82, 2.24) is 5.32 Å². The van der Waals surface area contributed by atoms with Crippen molar-refractivity contribution in [2.45, 2.75) is 30.9 Å². The molecule has 0 aromatic heterocycles. The molecule has 0 spiro atoms. The van der Waals surface area contributed by atoms with E-state index in [-0.39, 0.29) is 16.5 Å². The molecule has 1 rings (SSSR count). The Morgan fingerprint density at radius 3 is 2.45 bits per heavy atom. The highest BCUT2D eigenvalue weighted by atomic mass is 32.2. The van der Waals surface area contributed by atoms with Crippen LogP contribution in [0.15, 0.2) is 23.1 Å². The van der Waals surface area contributed by atoms with Gasteiger partial charge in [-0.3, -0.25) is 4.79 Å². The molecule has 112 valence electrons. The Labute approximate surface area is 118 Å². The van der Waals surface area contributed by atoms with Gasteiger partial charge in [0.1, 0.15) is 11.1 Å². The molecule has 1 aromatic carbocycles. The van der Waals surface area contributed by atoms with Crippen molar-refractivity contribution in [2.75, 3.05) is 12.3 Å². The van der Waals surface area contributed by atoms with Crippen molar-refractivity contribution in [3.8, 4) is 0 Å². The number of nitrogen functional groups attached to an aromatic ring is 1. The number of halogens is 1. The lowest BCUT2D eigenvalue weighted by molar-refractivity contribution is -0.120. The molecule has 0 radical (unpaired) electrons. The monoisotopic (exact) mass is 302 g/mol. The van der Waals surface area contributed by atoms with E-state index in [2.05, 4.69) is 5.32 Å². The molecular weight excluding hydrogens is 283 g/mol. The Hall–Kier alpha value is -1.63. The Kier molecular flexibility index (Phi) is 5.10. The molecule has 3 N–H and O–H groups in total. The first-order valence-corrected chi connectivity index (χ1v) is 7.77. The van der Waals surface area contributed by atoms with Crippen LogP contribution in [0.5, 0.6) is 0 Å². The molecule has 0 aliphatic carbocycles. The van der Waals surface area contributed by atoms with E-state index in [1.165, 1.54) is 19.1 Å². The number of sulfone groups is 1. The number of carbonyl (C=O) groups is 1. The topological polar surface area (TPSA) is 89.3 Å². The second-order valence-electron chi connectivity index (χ2n) is 5.01. The number of nitrogens with one attached hydrogen (secondary N) is 1. The number of hydrogen-bond acceptors (Lipinski definition) is 4. The van der Waals surface area contributed by atoms with Gasteiger partial charge in [-0.05, 0) is 31.0 Å². The Morgan fingerprint density at radius 2 is 1.95 bits per heavy atom. The van der Waals surface area contributed by atoms with Gasteiger partial charge in [0.25, 0.3) is 0 Å². The van der Waals surface area contributed by atoms with Crippen molar-refractivity contribution >= 4 is 21.4 Å². The summed E-state index contributed by atoms with van der Waals surface area (Å²) in [5, 5.41) is 1.26. The van der Waals surface area contributed by atoms with E-state index in [1.807, 2.05) is 13.8 Å². The molecule has 1 amide bonds. The summed E-state index contributed by atoms with van der Waals surface area (Å²) in [7, 11) is -3.93. The average Bonchev–Trinajstić information content (AvgIpc) is 2.37. The summed E-state index contributed by atoms with van der Waals surface area (Å²) < 4.78 is 37.8. The maximum atomic E-state index is 13.3. The predicted molar refractivity (Wildman–Crippen MR) is 75.3 cm³/mol. The summed E-state index contributed by atoms with van der Waals surface area (Å²) in [5.74, 6) is -1.21. The van der Waals surface area contributed by atoms with Crippen LogP contribution in [-0.2, 0) is 14.6 Å². The van der Waals surface area contributed by atoms with Crippen LogP contribution >= 0.6 is 0 Å². The zero-order valence-electron chi connectivity index (χ0n) is 11.7. The standard InChI is InChI=1S/C13H19FN2O3S/c1-8(2)7-16-13(17)9(3)20(18,19)10-4-5-12(15)11(14)6-10/h4-6,8-9H,7,15H2,1-3H3,(H,16,17). The minimum absolute atomic E-state index is 0.138. The van der Waals surface area contributed by atoms with Crippen LogP contribution < -0.4 is 11.1 Å². The zero-order valence-corrected chi connectivity index (χ0v) is 12.5. The minimum atomic E-state index is -3.93. The molecule has 0 heterocycles. The molecule has 0 bridgehead atoms. The lowest BCUT2D eigenvalue weighted by Crippen LogP contribution is -2.39. The molecule has 0 saturated carbocycles. The second-order valence-corrected chi connectivity index (χ2v) is 7.28. The first kappa shape index (κ1) is 16.4. The van der Waals surface area contributed by atoms with Gasteiger partial charge >= 0.3 is 0 Å². The van der Waals surface area contributed by atoms with Crippen LogP contribution in [-0.4, -0.2) is 26.1 Å². The van der Waals surface area contributed by atoms with Gasteiger partial charge in [0.05, 0.1) is 10.6 Å². The highest BCUT2D eigenvalue weighted by Crippen LogP contribution is 2.20. The summed E-state index contributed by atoms with van der Waals surface area (Å²) in [6.45, 7) is 5.46. The van der Waals surface area contributed by atoms with Crippen LogP contribution in [0.1, 0.15) is 20.8 Å². The molecule has 1 aromatic rings. The summed E-state index contributed by atoms with van der Waals surface area (Å²) in [4.78, 5) is 11.6. The van der Waals surface area contributed by atoms with E-state index in [0.29, 0.717) is 6.54 Å². The van der Waals surface area contributed by atoms with Crippen molar-refractivity contribution in [3.63, 3.8) is 0 Å². The summed E-state index contributed by atoms with van der Waals surface area (Å²) in [6, 6.07) is 3.19. The average molecular weight is 302 g/mol.